The largest absolute Gasteiger partial charge is 0.373 e. The molecule has 2 aromatic heterocycles. The molecule has 5 heteroatoms. The Morgan fingerprint density at radius 2 is 1.81 bits per heavy atom. The standard InChI is InChI=1S/C16H25N5/c1-7-9-14-18-15(17-6)10(3)16(19-14)21-12(5)13(8-2)11(4)20-21/h7-9H2,1-6H3,(H,17,18,19). The first-order chi connectivity index (χ1) is 10.0. The molecule has 114 valence electrons. The molecule has 21 heavy (non-hydrogen) atoms. The summed E-state index contributed by atoms with van der Waals surface area (Å²) < 4.78 is 1.96. The summed E-state index contributed by atoms with van der Waals surface area (Å²) in [6, 6.07) is 0. The Balaban J connectivity index is 2.65. The van der Waals surface area contributed by atoms with Gasteiger partial charge in [-0.2, -0.15) is 5.10 Å². The summed E-state index contributed by atoms with van der Waals surface area (Å²) in [6.07, 6.45) is 2.90. The van der Waals surface area contributed by atoms with E-state index in [1.807, 2.05) is 18.7 Å². The second-order valence-electron chi connectivity index (χ2n) is 5.35. The van der Waals surface area contributed by atoms with Crippen LogP contribution in [0.5, 0.6) is 0 Å². The first-order valence-electron chi connectivity index (χ1n) is 7.64. The molecule has 0 fully saturated rings. The lowest BCUT2D eigenvalue weighted by Gasteiger charge is -2.13. The molecule has 0 aromatic carbocycles. The number of nitrogens with zero attached hydrogens (tertiary/aromatic N) is 4. The van der Waals surface area contributed by atoms with Crippen molar-refractivity contribution >= 4 is 5.82 Å². The van der Waals surface area contributed by atoms with Crippen molar-refractivity contribution in [1.82, 2.24) is 19.7 Å². The van der Waals surface area contributed by atoms with Gasteiger partial charge >= 0.3 is 0 Å². The van der Waals surface area contributed by atoms with Crippen molar-refractivity contribution in [2.45, 2.75) is 53.9 Å². The maximum atomic E-state index is 4.74. The van der Waals surface area contributed by atoms with E-state index in [2.05, 4.69) is 43.1 Å². The fourth-order valence-electron chi connectivity index (χ4n) is 2.73. The Morgan fingerprint density at radius 3 is 2.33 bits per heavy atom. The van der Waals surface area contributed by atoms with Crippen LogP contribution in [0, 0.1) is 20.8 Å². The number of aryl methyl sites for hydroxylation is 2. The van der Waals surface area contributed by atoms with Crippen LogP contribution in [-0.4, -0.2) is 26.8 Å². The zero-order chi connectivity index (χ0) is 15.6. The molecule has 1 N–H and O–H groups in total. The van der Waals surface area contributed by atoms with Gasteiger partial charge < -0.3 is 5.32 Å². The van der Waals surface area contributed by atoms with Crippen LogP contribution in [0.15, 0.2) is 0 Å². The number of rotatable bonds is 5. The van der Waals surface area contributed by atoms with E-state index in [1.54, 1.807) is 0 Å². The van der Waals surface area contributed by atoms with Crippen molar-refractivity contribution in [2.75, 3.05) is 12.4 Å². The SMILES string of the molecule is CCCc1nc(NC)c(C)c(-n2nc(C)c(CC)c2C)n1. The Kier molecular flexibility index (Phi) is 4.60. The third-order valence-corrected chi connectivity index (χ3v) is 3.87. The second-order valence-corrected chi connectivity index (χ2v) is 5.35. The highest BCUT2D eigenvalue weighted by atomic mass is 15.3. The highest BCUT2D eigenvalue weighted by Crippen LogP contribution is 2.23. The van der Waals surface area contributed by atoms with Gasteiger partial charge in [0.05, 0.1) is 5.69 Å². The van der Waals surface area contributed by atoms with Gasteiger partial charge in [-0.15, -0.1) is 0 Å². The molecule has 0 spiro atoms. The molecule has 2 heterocycles. The second kappa shape index (κ2) is 6.24. The Bertz CT molecular complexity index is 643. The molecule has 2 rings (SSSR count). The first kappa shape index (κ1) is 15.5. The van der Waals surface area contributed by atoms with Crippen LogP contribution in [0.1, 0.15) is 48.6 Å². The highest BCUT2D eigenvalue weighted by Gasteiger charge is 2.17. The smallest absolute Gasteiger partial charge is 0.162 e. The van der Waals surface area contributed by atoms with E-state index in [0.29, 0.717) is 0 Å². The summed E-state index contributed by atoms with van der Waals surface area (Å²) in [6.45, 7) is 10.5. The molecule has 0 aliphatic carbocycles. The van der Waals surface area contributed by atoms with Gasteiger partial charge in [0, 0.05) is 24.7 Å². The van der Waals surface area contributed by atoms with E-state index >= 15 is 0 Å². The lowest BCUT2D eigenvalue weighted by atomic mass is 10.1. The van der Waals surface area contributed by atoms with Crippen LogP contribution in [0.3, 0.4) is 0 Å². The number of nitrogens with one attached hydrogen (secondary N) is 1. The van der Waals surface area contributed by atoms with Gasteiger partial charge in [0.2, 0.25) is 0 Å². The van der Waals surface area contributed by atoms with Gasteiger partial charge in [-0.1, -0.05) is 13.8 Å². The average Bonchev–Trinajstić information content (AvgIpc) is 2.75. The molecule has 0 atom stereocenters. The van der Waals surface area contributed by atoms with E-state index in [9.17, 15) is 0 Å². The van der Waals surface area contributed by atoms with Gasteiger partial charge in [-0.3, -0.25) is 0 Å². The zero-order valence-corrected chi connectivity index (χ0v) is 13.9. The van der Waals surface area contributed by atoms with Gasteiger partial charge in [0.1, 0.15) is 11.6 Å². The Labute approximate surface area is 126 Å². The monoisotopic (exact) mass is 287 g/mol. The van der Waals surface area contributed by atoms with Crippen LogP contribution < -0.4 is 5.32 Å². The topological polar surface area (TPSA) is 55.6 Å². The van der Waals surface area contributed by atoms with E-state index in [-0.39, 0.29) is 0 Å². The lowest BCUT2D eigenvalue weighted by molar-refractivity contribution is 0.759. The van der Waals surface area contributed by atoms with E-state index in [0.717, 1.165) is 48.0 Å². The molecule has 0 aliphatic heterocycles. The number of hydrogen-bond acceptors (Lipinski definition) is 4. The van der Waals surface area contributed by atoms with Crippen molar-refractivity contribution in [3.05, 3.63) is 28.3 Å². The predicted octanol–water partition coefficient (Wildman–Crippen LogP) is 3.14. The van der Waals surface area contributed by atoms with Crippen LogP contribution in [0.2, 0.25) is 0 Å². The van der Waals surface area contributed by atoms with E-state index in [4.69, 9.17) is 4.98 Å². The summed E-state index contributed by atoms with van der Waals surface area (Å²) in [5.74, 6) is 2.64. The van der Waals surface area contributed by atoms with Gasteiger partial charge in [0.25, 0.3) is 0 Å². The third-order valence-electron chi connectivity index (χ3n) is 3.87. The molecule has 0 unspecified atom stereocenters. The maximum Gasteiger partial charge on any atom is 0.162 e. The quantitative estimate of drug-likeness (QED) is 0.918. The van der Waals surface area contributed by atoms with Gasteiger partial charge in [-0.25, -0.2) is 14.6 Å². The lowest BCUT2D eigenvalue weighted by Crippen LogP contribution is -2.11. The van der Waals surface area contributed by atoms with Crippen LogP contribution in [0.25, 0.3) is 5.82 Å². The molecule has 0 amide bonds. The Hall–Kier alpha value is -1.91. The minimum atomic E-state index is 0.869. The zero-order valence-electron chi connectivity index (χ0n) is 13.9. The predicted molar refractivity (Wildman–Crippen MR) is 86.3 cm³/mol. The van der Waals surface area contributed by atoms with Crippen molar-refractivity contribution in [3.63, 3.8) is 0 Å². The summed E-state index contributed by atoms with van der Waals surface area (Å²) in [5.41, 5.74) is 4.58. The molecule has 5 nitrogen and oxygen atoms in total. The molecular formula is C16H25N5. The van der Waals surface area contributed by atoms with Gasteiger partial charge in [-0.05, 0) is 39.2 Å². The minimum absolute atomic E-state index is 0.869. The maximum absolute atomic E-state index is 4.74. The molecule has 0 saturated heterocycles. The van der Waals surface area contributed by atoms with E-state index in [1.165, 1.54) is 11.3 Å². The fourth-order valence-corrected chi connectivity index (χ4v) is 2.73. The molecule has 0 radical (unpaired) electrons. The number of anilines is 1. The molecule has 0 bridgehead atoms. The van der Waals surface area contributed by atoms with Crippen molar-refractivity contribution < 1.29 is 0 Å². The molecule has 0 saturated carbocycles. The van der Waals surface area contributed by atoms with Crippen LogP contribution in [-0.2, 0) is 12.8 Å². The summed E-state index contributed by atoms with van der Waals surface area (Å²) >= 11 is 0. The van der Waals surface area contributed by atoms with Crippen molar-refractivity contribution in [1.29, 1.82) is 0 Å². The molecule has 2 aromatic rings. The fraction of sp³-hybridized carbons (Fsp3) is 0.562. The molecular weight excluding hydrogens is 262 g/mol. The number of hydrogen-bond donors (Lipinski definition) is 1. The van der Waals surface area contributed by atoms with Crippen molar-refractivity contribution in [3.8, 4) is 5.82 Å². The summed E-state index contributed by atoms with van der Waals surface area (Å²) in [7, 11) is 1.90. The summed E-state index contributed by atoms with van der Waals surface area (Å²) in [5, 5.41) is 7.85. The van der Waals surface area contributed by atoms with Crippen LogP contribution in [0.4, 0.5) is 5.82 Å². The Morgan fingerprint density at radius 1 is 1.10 bits per heavy atom. The third kappa shape index (κ3) is 2.77. The first-order valence-corrected chi connectivity index (χ1v) is 7.64. The normalized spacial score (nSPS) is 11.0. The molecule has 0 aliphatic rings. The number of aromatic nitrogens is 4. The highest BCUT2D eigenvalue weighted by molar-refractivity contribution is 5.52. The van der Waals surface area contributed by atoms with Gasteiger partial charge in [0.15, 0.2) is 5.82 Å². The van der Waals surface area contributed by atoms with Crippen molar-refractivity contribution in [2.24, 2.45) is 0 Å². The van der Waals surface area contributed by atoms with E-state index < -0.39 is 0 Å². The summed E-state index contributed by atoms with van der Waals surface area (Å²) in [4.78, 5) is 9.32. The average molecular weight is 287 g/mol. The van der Waals surface area contributed by atoms with Crippen LogP contribution >= 0.6 is 0 Å². The minimum Gasteiger partial charge on any atom is -0.373 e.